The van der Waals surface area contributed by atoms with Gasteiger partial charge in [-0.05, 0) is 44.9 Å². The Morgan fingerprint density at radius 2 is 2.24 bits per heavy atom. The maximum absolute atomic E-state index is 12.1. The first-order valence-electron chi connectivity index (χ1n) is 6.86. The Bertz CT molecular complexity index is 609. The normalized spacial score (nSPS) is 20.2. The Morgan fingerprint density at radius 3 is 2.76 bits per heavy atom. The summed E-state index contributed by atoms with van der Waals surface area (Å²) in [4.78, 5) is 13.2. The molecule has 1 aliphatic rings. The lowest BCUT2D eigenvalue weighted by Crippen LogP contribution is -2.32. The van der Waals surface area contributed by atoms with Crippen molar-refractivity contribution in [3.63, 3.8) is 0 Å². The third-order valence-corrected chi connectivity index (χ3v) is 6.66. The zero-order valence-corrected chi connectivity index (χ0v) is 13.7. The van der Waals surface area contributed by atoms with Crippen LogP contribution in [0.2, 0.25) is 0 Å². The molecule has 0 aromatic carbocycles. The van der Waals surface area contributed by atoms with Gasteiger partial charge in [0.2, 0.25) is 10.0 Å². The van der Waals surface area contributed by atoms with E-state index in [1.807, 2.05) is 0 Å². The summed E-state index contributed by atoms with van der Waals surface area (Å²) < 4.78 is 26.9. The minimum atomic E-state index is -3.61. The number of hydrogen-bond donors (Lipinski definition) is 2. The molecule has 2 heterocycles. The maximum Gasteiger partial charge on any atom is 0.345 e. The zero-order chi connectivity index (χ0) is 15.6. The summed E-state index contributed by atoms with van der Waals surface area (Å²) in [6.45, 7) is 6.54. The van der Waals surface area contributed by atoms with Gasteiger partial charge in [-0.25, -0.2) is 17.9 Å². The number of carboxylic acids is 1. The Balaban J connectivity index is 1.94. The SMILES string of the molecule is CC(C)N1CCC(CNS(=O)(=O)c2ccc(C(=O)O)s2)C1. The van der Waals surface area contributed by atoms with Crippen molar-refractivity contribution in [3.05, 3.63) is 17.0 Å². The second-order valence-electron chi connectivity index (χ2n) is 5.52. The molecule has 0 bridgehead atoms. The average Bonchev–Trinajstić information content (AvgIpc) is 3.06. The molecule has 0 saturated carbocycles. The summed E-state index contributed by atoms with van der Waals surface area (Å²) in [6, 6.07) is 3.13. The summed E-state index contributed by atoms with van der Waals surface area (Å²) in [6.07, 6.45) is 0.978. The predicted octanol–water partition coefficient (Wildman–Crippen LogP) is 1.45. The monoisotopic (exact) mass is 332 g/mol. The molecule has 21 heavy (non-hydrogen) atoms. The predicted molar refractivity (Wildman–Crippen MR) is 81.3 cm³/mol. The molecule has 0 radical (unpaired) electrons. The van der Waals surface area contributed by atoms with Crippen LogP contribution in [-0.4, -0.2) is 50.1 Å². The molecule has 1 aromatic heterocycles. The van der Waals surface area contributed by atoms with Crippen LogP contribution in [0.1, 0.15) is 29.9 Å². The molecule has 118 valence electrons. The van der Waals surface area contributed by atoms with Crippen molar-refractivity contribution in [3.8, 4) is 0 Å². The summed E-state index contributed by atoms with van der Waals surface area (Å²) in [5.74, 6) is -0.800. The standard InChI is InChI=1S/C13H20N2O4S2/c1-9(2)15-6-5-10(8-15)7-14-21(18,19)12-4-3-11(20-12)13(16)17/h3-4,9-10,14H,5-8H2,1-2H3,(H,16,17). The van der Waals surface area contributed by atoms with Crippen molar-refractivity contribution in [2.45, 2.75) is 30.5 Å². The summed E-state index contributed by atoms with van der Waals surface area (Å²) in [5.41, 5.74) is 0. The van der Waals surface area contributed by atoms with Gasteiger partial charge < -0.3 is 10.0 Å². The van der Waals surface area contributed by atoms with E-state index in [1.54, 1.807) is 0 Å². The van der Waals surface area contributed by atoms with Gasteiger partial charge >= 0.3 is 5.97 Å². The first kappa shape index (κ1) is 16.4. The molecule has 8 heteroatoms. The molecule has 1 fully saturated rings. The van der Waals surface area contributed by atoms with Gasteiger partial charge in [0.1, 0.15) is 9.09 Å². The highest BCUT2D eigenvalue weighted by Crippen LogP contribution is 2.22. The second-order valence-corrected chi connectivity index (χ2v) is 8.60. The van der Waals surface area contributed by atoms with E-state index in [0.29, 0.717) is 18.5 Å². The highest BCUT2D eigenvalue weighted by Gasteiger charge is 2.26. The first-order valence-corrected chi connectivity index (χ1v) is 9.16. The van der Waals surface area contributed by atoms with Gasteiger partial charge in [0.15, 0.2) is 0 Å². The highest BCUT2D eigenvalue weighted by atomic mass is 32.2. The van der Waals surface area contributed by atoms with Crippen LogP contribution in [0.3, 0.4) is 0 Å². The van der Waals surface area contributed by atoms with Gasteiger partial charge in [-0.1, -0.05) is 0 Å². The molecule has 0 amide bonds. The van der Waals surface area contributed by atoms with Crippen LogP contribution >= 0.6 is 11.3 Å². The fraction of sp³-hybridized carbons (Fsp3) is 0.615. The fourth-order valence-corrected chi connectivity index (χ4v) is 4.68. The van der Waals surface area contributed by atoms with Crippen LogP contribution in [0, 0.1) is 5.92 Å². The lowest BCUT2D eigenvalue weighted by Gasteiger charge is -2.20. The Morgan fingerprint density at radius 1 is 1.52 bits per heavy atom. The number of nitrogens with zero attached hydrogens (tertiary/aromatic N) is 1. The molecule has 6 nitrogen and oxygen atoms in total. The van der Waals surface area contributed by atoms with E-state index in [9.17, 15) is 13.2 Å². The molecule has 0 spiro atoms. The third-order valence-electron chi connectivity index (χ3n) is 3.67. The lowest BCUT2D eigenvalue weighted by molar-refractivity contribution is 0.0702. The Labute approximate surface area is 128 Å². The molecule has 1 atom stereocenters. The number of rotatable bonds is 6. The van der Waals surface area contributed by atoms with E-state index in [2.05, 4.69) is 23.5 Å². The largest absolute Gasteiger partial charge is 0.477 e. The summed E-state index contributed by atoms with van der Waals surface area (Å²) >= 11 is 0.775. The van der Waals surface area contributed by atoms with Crippen LogP contribution in [0.5, 0.6) is 0 Å². The molecule has 2 N–H and O–H groups in total. The van der Waals surface area contributed by atoms with E-state index in [0.717, 1.165) is 30.8 Å². The van der Waals surface area contributed by atoms with Crippen molar-refractivity contribution in [2.75, 3.05) is 19.6 Å². The number of hydrogen-bond acceptors (Lipinski definition) is 5. The van der Waals surface area contributed by atoms with Gasteiger partial charge in [0.25, 0.3) is 0 Å². The van der Waals surface area contributed by atoms with Gasteiger partial charge in [-0.3, -0.25) is 0 Å². The second kappa shape index (κ2) is 6.43. The van der Waals surface area contributed by atoms with Gasteiger partial charge in [0, 0.05) is 19.1 Å². The van der Waals surface area contributed by atoms with E-state index >= 15 is 0 Å². The molecule has 2 rings (SSSR count). The minimum absolute atomic E-state index is 0.0298. The maximum atomic E-state index is 12.1. The first-order chi connectivity index (χ1) is 9.79. The molecular weight excluding hydrogens is 312 g/mol. The van der Waals surface area contributed by atoms with Crippen LogP contribution < -0.4 is 4.72 Å². The number of nitrogens with one attached hydrogen (secondary N) is 1. The van der Waals surface area contributed by atoms with Crippen molar-refractivity contribution >= 4 is 27.3 Å². The molecule has 1 saturated heterocycles. The van der Waals surface area contributed by atoms with Gasteiger partial charge in [-0.15, -0.1) is 11.3 Å². The highest BCUT2D eigenvalue weighted by molar-refractivity contribution is 7.91. The average molecular weight is 332 g/mol. The quantitative estimate of drug-likeness (QED) is 0.823. The fourth-order valence-electron chi connectivity index (χ4n) is 2.38. The number of sulfonamides is 1. The molecule has 1 aromatic rings. The number of carboxylic acid groups (broad SMARTS) is 1. The van der Waals surface area contributed by atoms with Crippen molar-refractivity contribution in [2.24, 2.45) is 5.92 Å². The van der Waals surface area contributed by atoms with Crippen molar-refractivity contribution in [1.29, 1.82) is 0 Å². The topological polar surface area (TPSA) is 86.7 Å². The number of carbonyl (C=O) groups is 1. The molecular formula is C13H20N2O4S2. The van der Waals surface area contributed by atoms with Crippen LogP contribution in [0.4, 0.5) is 0 Å². The number of aromatic carboxylic acids is 1. The van der Waals surface area contributed by atoms with Crippen LogP contribution in [0.15, 0.2) is 16.3 Å². The van der Waals surface area contributed by atoms with E-state index < -0.39 is 16.0 Å². The van der Waals surface area contributed by atoms with E-state index in [1.165, 1.54) is 12.1 Å². The van der Waals surface area contributed by atoms with Crippen molar-refractivity contribution in [1.82, 2.24) is 9.62 Å². The number of likely N-dealkylation sites (tertiary alicyclic amines) is 1. The van der Waals surface area contributed by atoms with Crippen molar-refractivity contribution < 1.29 is 18.3 Å². The zero-order valence-electron chi connectivity index (χ0n) is 12.1. The van der Waals surface area contributed by atoms with Gasteiger partial charge in [0.05, 0.1) is 0 Å². The Kier molecular flexibility index (Phi) is 5.03. The minimum Gasteiger partial charge on any atom is -0.477 e. The third kappa shape index (κ3) is 4.03. The Hall–Kier alpha value is -0.960. The molecule has 1 aliphatic heterocycles. The van der Waals surface area contributed by atoms with E-state index in [-0.39, 0.29) is 9.09 Å². The lowest BCUT2D eigenvalue weighted by atomic mass is 10.1. The van der Waals surface area contributed by atoms with Gasteiger partial charge in [-0.2, -0.15) is 0 Å². The van der Waals surface area contributed by atoms with Crippen LogP contribution in [0.25, 0.3) is 0 Å². The number of thiophene rings is 1. The van der Waals surface area contributed by atoms with Crippen LogP contribution in [-0.2, 0) is 10.0 Å². The summed E-state index contributed by atoms with van der Waals surface area (Å²) in [5, 5.41) is 8.84. The smallest absolute Gasteiger partial charge is 0.345 e. The van der Waals surface area contributed by atoms with E-state index in [4.69, 9.17) is 5.11 Å². The molecule has 0 aliphatic carbocycles. The molecule has 1 unspecified atom stereocenters. The summed E-state index contributed by atoms with van der Waals surface area (Å²) in [7, 11) is -3.61.